The fraction of sp³-hybridized carbons (Fsp3) is 0.444. The minimum Gasteiger partial charge on any atom is -0.312 e. The maximum atomic E-state index is 3.50. The summed E-state index contributed by atoms with van der Waals surface area (Å²) in [5.41, 5.74) is 5.77. The summed E-state index contributed by atoms with van der Waals surface area (Å²) in [5, 5.41) is 3.50. The lowest BCUT2D eigenvalue weighted by Gasteiger charge is -2.15. The summed E-state index contributed by atoms with van der Waals surface area (Å²) in [5.74, 6) is 0. The summed E-state index contributed by atoms with van der Waals surface area (Å²) >= 11 is 2.02. The molecule has 1 aromatic heterocycles. The standard InChI is InChI=1S/C18H23NS/c1-12-7-13(2)9-14(8-12)10-16(19-3)18-11-15-5-4-6-17(15)20-18/h7-9,11,16,19H,4-6,10H2,1-3H3. The molecule has 1 aromatic carbocycles. The normalized spacial score (nSPS) is 15.3. The lowest BCUT2D eigenvalue weighted by Crippen LogP contribution is -2.17. The highest BCUT2D eigenvalue weighted by atomic mass is 32.1. The van der Waals surface area contributed by atoms with Crippen molar-refractivity contribution in [2.24, 2.45) is 0 Å². The molecule has 1 nitrogen and oxygen atoms in total. The smallest absolute Gasteiger partial charge is 0.0453 e. The van der Waals surface area contributed by atoms with Gasteiger partial charge in [-0.1, -0.05) is 29.3 Å². The minimum absolute atomic E-state index is 0.451. The molecule has 0 spiro atoms. The van der Waals surface area contributed by atoms with Crippen LogP contribution in [0.4, 0.5) is 0 Å². The SMILES string of the molecule is CNC(Cc1cc(C)cc(C)c1)c1cc2c(s1)CCC2. The zero-order valence-corrected chi connectivity index (χ0v) is 13.4. The van der Waals surface area contributed by atoms with E-state index >= 15 is 0 Å². The van der Waals surface area contributed by atoms with Gasteiger partial charge >= 0.3 is 0 Å². The Morgan fingerprint density at radius 1 is 1.10 bits per heavy atom. The molecule has 1 unspecified atom stereocenters. The Kier molecular flexibility index (Phi) is 3.95. The van der Waals surface area contributed by atoms with Gasteiger partial charge in [0.2, 0.25) is 0 Å². The van der Waals surface area contributed by atoms with Crippen LogP contribution in [0, 0.1) is 13.8 Å². The van der Waals surface area contributed by atoms with Gasteiger partial charge in [-0.05, 0) is 63.8 Å². The molecule has 2 heteroatoms. The molecule has 0 saturated heterocycles. The van der Waals surface area contributed by atoms with Crippen molar-refractivity contribution >= 4 is 11.3 Å². The third kappa shape index (κ3) is 2.82. The zero-order valence-electron chi connectivity index (χ0n) is 12.6. The molecule has 20 heavy (non-hydrogen) atoms. The Bertz CT molecular complexity index is 570. The molecule has 0 bridgehead atoms. The zero-order chi connectivity index (χ0) is 14.1. The Hall–Kier alpha value is -1.12. The molecule has 1 heterocycles. The van der Waals surface area contributed by atoms with Crippen LogP contribution in [0.3, 0.4) is 0 Å². The van der Waals surface area contributed by atoms with Crippen molar-refractivity contribution in [3.8, 4) is 0 Å². The Labute approximate surface area is 126 Å². The topological polar surface area (TPSA) is 12.0 Å². The van der Waals surface area contributed by atoms with Gasteiger partial charge in [0.15, 0.2) is 0 Å². The predicted molar refractivity (Wildman–Crippen MR) is 87.8 cm³/mol. The first-order valence-corrected chi connectivity index (χ1v) is 8.33. The quantitative estimate of drug-likeness (QED) is 0.880. The second-order valence-electron chi connectivity index (χ2n) is 5.99. The average molecular weight is 285 g/mol. The molecular weight excluding hydrogens is 262 g/mol. The van der Waals surface area contributed by atoms with E-state index in [4.69, 9.17) is 0 Å². The molecule has 1 atom stereocenters. The third-order valence-electron chi connectivity index (χ3n) is 4.18. The summed E-state index contributed by atoms with van der Waals surface area (Å²) in [6.07, 6.45) is 5.01. The largest absolute Gasteiger partial charge is 0.312 e. The van der Waals surface area contributed by atoms with Crippen LogP contribution in [0.15, 0.2) is 24.3 Å². The molecule has 1 aliphatic carbocycles. The highest BCUT2D eigenvalue weighted by molar-refractivity contribution is 7.12. The molecule has 0 radical (unpaired) electrons. The predicted octanol–water partition coefficient (Wildman–Crippen LogP) is 4.36. The molecular formula is C18H23NS. The van der Waals surface area contributed by atoms with Gasteiger partial charge in [-0.3, -0.25) is 0 Å². The molecule has 0 amide bonds. The summed E-state index contributed by atoms with van der Waals surface area (Å²) in [6.45, 7) is 4.37. The van der Waals surface area contributed by atoms with Crippen molar-refractivity contribution in [1.29, 1.82) is 0 Å². The fourth-order valence-electron chi connectivity index (χ4n) is 3.29. The Morgan fingerprint density at radius 2 is 1.85 bits per heavy atom. The summed E-state index contributed by atoms with van der Waals surface area (Å²) in [4.78, 5) is 3.14. The number of thiophene rings is 1. The molecule has 0 aliphatic heterocycles. The second-order valence-corrected chi connectivity index (χ2v) is 7.16. The van der Waals surface area contributed by atoms with E-state index in [1.54, 1.807) is 10.4 Å². The van der Waals surface area contributed by atoms with Crippen molar-refractivity contribution in [2.45, 2.75) is 45.6 Å². The van der Waals surface area contributed by atoms with E-state index in [-0.39, 0.29) is 0 Å². The number of nitrogens with one attached hydrogen (secondary N) is 1. The maximum absolute atomic E-state index is 3.50. The van der Waals surface area contributed by atoms with Crippen LogP contribution < -0.4 is 5.32 Å². The Balaban J connectivity index is 1.82. The van der Waals surface area contributed by atoms with Crippen molar-refractivity contribution in [1.82, 2.24) is 5.32 Å². The van der Waals surface area contributed by atoms with Crippen LogP contribution in [-0.2, 0) is 19.3 Å². The second kappa shape index (κ2) is 5.71. The Morgan fingerprint density at radius 3 is 2.50 bits per heavy atom. The number of aryl methyl sites for hydroxylation is 4. The molecule has 2 aromatic rings. The number of hydrogen-bond acceptors (Lipinski definition) is 2. The third-order valence-corrected chi connectivity index (χ3v) is 5.53. The van der Waals surface area contributed by atoms with E-state index in [1.165, 1.54) is 40.8 Å². The van der Waals surface area contributed by atoms with Crippen molar-refractivity contribution in [3.63, 3.8) is 0 Å². The number of hydrogen-bond donors (Lipinski definition) is 1. The monoisotopic (exact) mass is 285 g/mol. The van der Waals surface area contributed by atoms with Gasteiger partial charge in [0.1, 0.15) is 0 Å². The number of rotatable bonds is 4. The van der Waals surface area contributed by atoms with Gasteiger partial charge < -0.3 is 5.32 Å². The number of benzene rings is 1. The highest BCUT2D eigenvalue weighted by Gasteiger charge is 2.19. The van der Waals surface area contributed by atoms with E-state index in [2.05, 4.69) is 50.5 Å². The first kappa shape index (κ1) is 13.8. The lowest BCUT2D eigenvalue weighted by atomic mass is 10.00. The number of fused-ring (bicyclic) bond motifs is 1. The maximum Gasteiger partial charge on any atom is 0.0453 e. The lowest BCUT2D eigenvalue weighted by molar-refractivity contribution is 0.601. The van der Waals surface area contributed by atoms with E-state index in [0.29, 0.717) is 6.04 Å². The van der Waals surface area contributed by atoms with E-state index in [1.807, 2.05) is 11.3 Å². The minimum atomic E-state index is 0.451. The summed E-state index contributed by atoms with van der Waals surface area (Å²) in [6, 6.07) is 9.78. The van der Waals surface area contributed by atoms with Gasteiger partial charge in [-0.25, -0.2) is 0 Å². The molecule has 0 fully saturated rings. The molecule has 3 rings (SSSR count). The van der Waals surface area contributed by atoms with Gasteiger partial charge in [0.05, 0.1) is 0 Å². The summed E-state index contributed by atoms with van der Waals surface area (Å²) < 4.78 is 0. The van der Waals surface area contributed by atoms with E-state index in [9.17, 15) is 0 Å². The fourth-order valence-corrected chi connectivity index (χ4v) is 4.66. The highest BCUT2D eigenvalue weighted by Crippen LogP contribution is 2.34. The first-order chi connectivity index (χ1) is 9.65. The number of likely N-dealkylation sites (N-methyl/N-ethyl adjacent to an activating group) is 1. The van der Waals surface area contributed by atoms with Crippen LogP contribution in [0.25, 0.3) is 0 Å². The van der Waals surface area contributed by atoms with Gasteiger partial charge in [0, 0.05) is 15.8 Å². The van der Waals surface area contributed by atoms with Crippen molar-refractivity contribution in [3.05, 3.63) is 56.3 Å². The van der Waals surface area contributed by atoms with Crippen LogP contribution in [0.1, 0.15) is 44.5 Å². The molecule has 106 valence electrons. The van der Waals surface area contributed by atoms with Gasteiger partial charge in [-0.2, -0.15) is 0 Å². The van der Waals surface area contributed by atoms with Gasteiger partial charge in [0.25, 0.3) is 0 Å². The van der Waals surface area contributed by atoms with Crippen LogP contribution in [0.5, 0.6) is 0 Å². The first-order valence-electron chi connectivity index (χ1n) is 7.51. The van der Waals surface area contributed by atoms with Crippen LogP contribution >= 0.6 is 11.3 Å². The van der Waals surface area contributed by atoms with Crippen molar-refractivity contribution < 1.29 is 0 Å². The molecule has 1 N–H and O–H groups in total. The molecule has 1 aliphatic rings. The average Bonchev–Trinajstić information content (AvgIpc) is 2.95. The summed E-state index contributed by atoms with van der Waals surface area (Å²) in [7, 11) is 2.08. The molecule has 0 saturated carbocycles. The van der Waals surface area contributed by atoms with Gasteiger partial charge in [-0.15, -0.1) is 11.3 Å². The van der Waals surface area contributed by atoms with Crippen LogP contribution in [-0.4, -0.2) is 7.05 Å². The van der Waals surface area contributed by atoms with E-state index in [0.717, 1.165) is 6.42 Å². The van der Waals surface area contributed by atoms with E-state index < -0.39 is 0 Å². The van der Waals surface area contributed by atoms with Crippen molar-refractivity contribution in [2.75, 3.05) is 7.05 Å². The van der Waals surface area contributed by atoms with Crippen LogP contribution in [0.2, 0.25) is 0 Å².